The number of aromatic amines is 2. The molecule has 0 fully saturated rings. The van der Waals surface area contributed by atoms with Crippen LogP contribution in [-0.2, 0) is 0 Å². The number of hydrogen-bond acceptors (Lipinski definition) is 2. The molecule has 8 bridgehead atoms. The van der Waals surface area contributed by atoms with Crippen LogP contribution in [0.15, 0.2) is 24.3 Å². The van der Waals surface area contributed by atoms with Crippen LogP contribution < -0.4 is 21.9 Å². The molecule has 122 valence electrons. The molecular formula is C20H10B4N4. The summed E-state index contributed by atoms with van der Waals surface area (Å²) >= 11 is 0. The number of H-pyrrole nitrogens is 2. The van der Waals surface area contributed by atoms with Crippen molar-refractivity contribution in [2.24, 2.45) is 0 Å². The highest BCUT2D eigenvalue weighted by molar-refractivity contribution is 6.43. The minimum atomic E-state index is 0.460. The van der Waals surface area contributed by atoms with E-state index in [4.69, 9.17) is 31.4 Å². The molecule has 28 heavy (non-hydrogen) atoms. The fourth-order valence-corrected chi connectivity index (χ4v) is 3.30. The summed E-state index contributed by atoms with van der Waals surface area (Å²) in [7, 11) is 25.2. The second-order valence-corrected chi connectivity index (χ2v) is 6.66. The SMILES string of the molecule is [B]c1c2nc(c([B])c3ccc([nH]3)c([B])c3ccc([nH]3)c([B])c3nc1C=C3)C=C2. The molecule has 2 aliphatic heterocycles. The summed E-state index contributed by atoms with van der Waals surface area (Å²) in [5.74, 6) is 0. The number of fused-ring (bicyclic) bond motifs is 8. The van der Waals surface area contributed by atoms with E-state index in [-0.39, 0.29) is 0 Å². The van der Waals surface area contributed by atoms with Gasteiger partial charge in [-0.2, -0.15) is 0 Å². The van der Waals surface area contributed by atoms with Crippen LogP contribution in [0.1, 0.15) is 22.8 Å². The molecule has 3 aromatic heterocycles. The molecule has 0 saturated heterocycles. The Labute approximate surface area is 166 Å². The van der Waals surface area contributed by atoms with Crippen molar-refractivity contribution in [2.75, 3.05) is 0 Å². The van der Waals surface area contributed by atoms with Gasteiger partial charge in [-0.05, 0) is 65.0 Å². The Morgan fingerprint density at radius 3 is 1.18 bits per heavy atom. The molecule has 5 rings (SSSR count). The highest BCUT2D eigenvalue weighted by Gasteiger charge is 2.10. The van der Waals surface area contributed by atoms with Gasteiger partial charge in [-0.1, -0.05) is 5.46 Å². The van der Waals surface area contributed by atoms with Crippen LogP contribution in [0.25, 0.3) is 46.4 Å². The van der Waals surface area contributed by atoms with E-state index in [9.17, 15) is 0 Å². The lowest BCUT2D eigenvalue weighted by atomic mass is 9.92. The maximum absolute atomic E-state index is 6.33. The van der Waals surface area contributed by atoms with Crippen molar-refractivity contribution in [1.29, 1.82) is 0 Å². The minimum Gasteiger partial charge on any atom is -0.356 e. The summed E-state index contributed by atoms with van der Waals surface area (Å²) in [5, 5.41) is 0. The molecular weight excluding hydrogens is 339 g/mol. The first-order valence-electron chi connectivity index (χ1n) is 8.69. The molecule has 3 aromatic rings. The number of nitrogens with one attached hydrogen (secondary N) is 2. The molecule has 0 aromatic carbocycles. The van der Waals surface area contributed by atoms with E-state index < -0.39 is 0 Å². The van der Waals surface area contributed by atoms with Crippen LogP contribution in [0.2, 0.25) is 0 Å². The fourth-order valence-electron chi connectivity index (χ4n) is 3.30. The summed E-state index contributed by atoms with van der Waals surface area (Å²) in [4.78, 5) is 15.6. The van der Waals surface area contributed by atoms with Gasteiger partial charge in [0.2, 0.25) is 0 Å². The van der Waals surface area contributed by atoms with Gasteiger partial charge in [-0.25, -0.2) is 0 Å². The van der Waals surface area contributed by atoms with Gasteiger partial charge >= 0.3 is 0 Å². The zero-order chi connectivity index (χ0) is 19.4. The number of rotatable bonds is 0. The molecule has 0 unspecified atom stereocenters. The lowest BCUT2D eigenvalue weighted by molar-refractivity contribution is 1.31. The second kappa shape index (κ2) is 6.20. The van der Waals surface area contributed by atoms with Crippen molar-refractivity contribution in [3.05, 3.63) is 47.0 Å². The van der Waals surface area contributed by atoms with Crippen LogP contribution in [0, 0.1) is 0 Å². The highest BCUT2D eigenvalue weighted by Crippen LogP contribution is 2.13. The van der Waals surface area contributed by atoms with E-state index >= 15 is 0 Å². The lowest BCUT2D eigenvalue weighted by Gasteiger charge is -1.98. The summed E-state index contributed by atoms with van der Waals surface area (Å²) in [6.07, 6.45) is 7.28. The van der Waals surface area contributed by atoms with Gasteiger partial charge in [0.05, 0.1) is 22.8 Å². The average Bonchev–Trinajstić information content (AvgIpc) is 3.49. The average molecular weight is 350 g/mol. The third-order valence-electron chi connectivity index (χ3n) is 4.92. The van der Waals surface area contributed by atoms with Gasteiger partial charge in [0.1, 0.15) is 31.4 Å². The molecule has 0 aliphatic carbocycles. The van der Waals surface area contributed by atoms with Crippen molar-refractivity contribution in [1.82, 2.24) is 19.9 Å². The van der Waals surface area contributed by atoms with Crippen molar-refractivity contribution in [2.45, 2.75) is 0 Å². The molecule has 2 N–H and O–H groups in total. The Balaban J connectivity index is 1.97. The third-order valence-corrected chi connectivity index (χ3v) is 4.92. The first kappa shape index (κ1) is 17.0. The Bertz CT molecular complexity index is 1260. The van der Waals surface area contributed by atoms with E-state index in [1.165, 1.54) is 0 Å². The van der Waals surface area contributed by atoms with Crippen LogP contribution in [0.5, 0.6) is 0 Å². The molecule has 0 saturated carbocycles. The van der Waals surface area contributed by atoms with Crippen molar-refractivity contribution in [3.63, 3.8) is 0 Å². The Morgan fingerprint density at radius 2 is 0.786 bits per heavy atom. The largest absolute Gasteiger partial charge is 0.356 e. The lowest BCUT2D eigenvalue weighted by Crippen LogP contribution is -2.14. The Morgan fingerprint density at radius 1 is 0.464 bits per heavy atom. The highest BCUT2D eigenvalue weighted by atomic mass is 14.8. The topological polar surface area (TPSA) is 57.4 Å². The van der Waals surface area contributed by atoms with E-state index in [1.54, 1.807) is 0 Å². The Kier molecular flexibility index (Phi) is 3.76. The zero-order valence-corrected chi connectivity index (χ0v) is 14.8. The number of nitrogens with zero attached hydrogens (tertiary/aromatic N) is 2. The van der Waals surface area contributed by atoms with E-state index in [1.807, 2.05) is 48.6 Å². The maximum Gasteiger partial charge on any atom is 0.119 e. The predicted molar refractivity (Wildman–Crippen MR) is 120 cm³/mol. The first-order chi connectivity index (χ1) is 13.5. The number of hydrogen-bond donors (Lipinski definition) is 2. The van der Waals surface area contributed by atoms with Crippen molar-refractivity contribution >= 4 is 99.6 Å². The maximum atomic E-state index is 6.33. The number of aromatic nitrogens is 4. The van der Waals surface area contributed by atoms with Crippen molar-refractivity contribution < 1.29 is 0 Å². The van der Waals surface area contributed by atoms with E-state index in [2.05, 4.69) is 19.9 Å². The quantitative estimate of drug-likeness (QED) is 0.382. The molecule has 8 heteroatoms. The van der Waals surface area contributed by atoms with E-state index in [0.29, 0.717) is 44.6 Å². The van der Waals surface area contributed by atoms with E-state index in [0.717, 1.165) is 22.1 Å². The summed E-state index contributed by atoms with van der Waals surface area (Å²) in [6, 6.07) is 7.48. The Hall–Kier alpha value is -3.14. The minimum absolute atomic E-state index is 0.460. The van der Waals surface area contributed by atoms with Crippen molar-refractivity contribution in [3.8, 4) is 0 Å². The van der Waals surface area contributed by atoms with Gasteiger partial charge in [0.15, 0.2) is 0 Å². The molecule has 0 amide bonds. The molecule has 5 heterocycles. The van der Waals surface area contributed by atoms with Crippen LogP contribution in [0.4, 0.5) is 0 Å². The van der Waals surface area contributed by atoms with Gasteiger partial charge in [-0.15, -0.1) is 0 Å². The van der Waals surface area contributed by atoms with Crippen LogP contribution in [-0.4, -0.2) is 51.3 Å². The predicted octanol–water partition coefficient (Wildman–Crippen LogP) is -0.169. The van der Waals surface area contributed by atoms with Gasteiger partial charge in [0.25, 0.3) is 0 Å². The second-order valence-electron chi connectivity index (χ2n) is 6.66. The van der Waals surface area contributed by atoms with Crippen LogP contribution >= 0.6 is 0 Å². The molecule has 8 radical (unpaired) electrons. The monoisotopic (exact) mass is 350 g/mol. The smallest absolute Gasteiger partial charge is 0.119 e. The van der Waals surface area contributed by atoms with Gasteiger partial charge in [0, 0.05) is 22.1 Å². The summed E-state index contributed by atoms with van der Waals surface area (Å²) in [6.45, 7) is 0. The first-order valence-corrected chi connectivity index (χ1v) is 8.69. The zero-order valence-electron chi connectivity index (χ0n) is 14.8. The molecule has 0 atom stereocenters. The van der Waals surface area contributed by atoms with Crippen LogP contribution in [0.3, 0.4) is 0 Å². The molecule has 0 spiro atoms. The standard InChI is InChI=1S/C20H10B4N4/c21-17-9-1-2-10(25-9)18(22)12-5-6-14(27-12)20(24)16-8-7-15(28-16)19(23)13-4-3-11(17)26-13/h1-8,25-26H. The van der Waals surface area contributed by atoms with Gasteiger partial charge in [-0.3, -0.25) is 9.97 Å². The third kappa shape index (κ3) is 2.60. The molecule has 2 aliphatic rings. The summed E-state index contributed by atoms with van der Waals surface area (Å²) < 4.78 is 0. The normalized spacial score (nSPS) is 12.6. The van der Waals surface area contributed by atoms with Gasteiger partial charge < -0.3 is 9.97 Å². The molecule has 4 nitrogen and oxygen atoms in total. The fraction of sp³-hybridized carbons (Fsp3) is 0. The summed E-state index contributed by atoms with van der Waals surface area (Å²) in [5.41, 5.74) is 7.40.